The fraction of sp³-hybridized carbons (Fsp3) is 0.333. The van der Waals surface area contributed by atoms with E-state index in [0.717, 1.165) is 35.4 Å². The van der Waals surface area contributed by atoms with Gasteiger partial charge in [-0.05, 0) is 54.2 Å². The molecule has 1 N–H and O–H groups in total. The van der Waals surface area contributed by atoms with E-state index >= 15 is 0 Å². The first-order valence-corrected chi connectivity index (χ1v) is 7.85. The largest absolute Gasteiger partial charge is 0.303 e. The Labute approximate surface area is 130 Å². The Morgan fingerprint density at radius 1 is 1.29 bits per heavy atom. The lowest BCUT2D eigenvalue weighted by Gasteiger charge is -2.23. The average molecular weight is 304 g/mol. The Morgan fingerprint density at radius 2 is 2.10 bits per heavy atom. The number of halogens is 2. The highest BCUT2D eigenvalue weighted by Crippen LogP contribution is 2.35. The van der Waals surface area contributed by atoms with Gasteiger partial charge < -0.3 is 5.32 Å². The number of fused-ring (bicyclic) bond motifs is 1. The van der Waals surface area contributed by atoms with Crippen molar-refractivity contribution >= 4 is 11.6 Å². The summed E-state index contributed by atoms with van der Waals surface area (Å²) in [5, 5.41) is 4.42. The highest BCUT2D eigenvalue weighted by atomic mass is 35.5. The number of nitrogens with one attached hydrogen (secondary N) is 1. The van der Waals surface area contributed by atoms with E-state index in [9.17, 15) is 4.39 Å². The summed E-state index contributed by atoms with van der Waals surface area (Å²) in [5.74, 6) is -0.0763. The first-order chi connectivity index (χ1) is 10.2. The Hall–Kier alpha value is -1.38. The fourth-order valence-electron chi connectivity index (χ4n) is 3.20. The van der Waals surface area contributed by atoms with E-state index < -0.39 is 0 Å². The third-order valence-corrected chi connectivity index (χ3v) is 4.51. The summed E-state index contributed by atoms with van der Waals surface area (Å²) in [4.78, 5) is 0. The lowest BCUT2D eigenvalue weighted by molar-refractivity contribution is 0.433. The highest BCUT2D eigenvalue weighted by Gasteiger charge is 2.26. The van der Waals surface area contributed by atoms with Crippen LogP contribution in [0.15, 0.2) is 42.5 Å². The summed E-state index contributed by atoms with van der Waals surface area (Å²) < 4.78 is 13.8. The minimum absolute atomic E-state index is 0.0763. The molecule has 2 aromatic rings. The van der Waals surface area contributed by atoms with Crippen molar-refractivity contribution in [3.05, 3.63) is 70.0 Å². The molecule has 1 nitrogen and oxygen atoms in total. The zero-order chi connectivity index (χ0) is 14.8. The van der Waals surface area contributed by atoms with Crippen LogP contribution in [-0.4, -0.2) is 0 Å². The molecule has 0 spiro atoms. The maximum atomic E-state index is 13.8. The molecular weight excluding hydrogens is 285 g/mol. The van der Waals surface area contributed by atoms with E-state index in [2.05, 4.69) is 18.3 Å². The van der Waals surface area contributed by atoms with Crippen LogP contribution >= 0.6 is 11.6 Å². The molecule has 0 fully saturated rings. The lowest BCUT2D eigenvalue weighted by atomic mass is 10.0. The van der Waals surface area contributed by atoms with Crippen molar-refractivity contribution in [3.8, 4) is 0 Å². The van der Waals surface area contributed by atoms with Crippen molar-refractivity contribution in [3.63, 3.8) is 0 Å². The summed E-state index contributed by atoms with van der Waals surface area (Å²) in [7, 11) is 0. The normalized spacial score (nSPS) is 18.5. The van der Waals surface area contributed by atoms with Crippen molar-refractivity contribution in [2.45, 2.75) is 38.3 Å². The number of rotatable bonds is 4. The summed E-state index contributed by atoms with van der Waals surface area (Å²) in [6.45, 7) is 2.15. The molecular formula is C18H19ClFN. The fourth-order valence-corrected chi connectivity index (χ4v) is 3.40. The second kappa shape index (κ2) is 6.17. The van der Waals surface area contributed by atoms with Gasteiger partial charge in [-0.25, -0.2) is 4.39 Å². The van der Waals surface area contributed by atoms with Crippen molar-refractivity contribution in [1.29, 1.82) is 0 Å². The second-order valence-corrected chi connectivity index (χ2v) is 6.02. The van der Waals surface area contributed by atoms with Crippen LogP contribution in [0.3, 0.4) is 0 Å². The minimum atomic E-state index is -0.0763. The molecule has 0 radical (unpaired) electrons. The SMILES string of the molecule is CCC(NC1CCc2c(F)cccc21)c1cccc(Cl)c1. The molecule has 21 heavy (non-hydrogen) atoms. The summed E-state index contributed by atoms with van der Waals surface area (Å²) in [6, 6.07) is 13.8. The van der Waals surface area contributed by atoms with Crippen molar-refractivity contribution in [1.82, 2.24) is 5.32 Å². The molecule has 0 heterocycles. The first kappa shape index (κ1) is 14.6. The van der Waals surface area contributed by atoms with Gasteiger partial charge in [0.1, 0.15) is 5.82 Å². The van der Waals surface area contributed by atoms with Gasteiger partial charge in [0, 0.05) is 17.1 Å². The topological polar surface area (TPSA) is 12.0 Å². The van der Waals surface area contributed by atoms with Gasteiger partial charge in [0.2, 0.25) is 0 Å². The number of benzene rings is 2. The summed E-state index contributed by atoms with van der Waals surface area (Å²) >= 11 is 6.09. The molecule has 0 aromatic heterocycles. The smallest absolute Gasteiger partial charge is 0.126 e. The standard InChI is InChI=1S/C18H19ClFN/c1-2-17(12-5-3-6-13(19)11-12)21-18-10-9-14-15(18)7-4-8-16(14)20/h3-8,11,17-18,21H,2,9-10H2,1H3. The van der Waals surface area contributed by atoms with E-state index in [1.54, 1.807) is 12.1 Å². The van der Waals surface area contributed by atoms with Crippen LogP contribution in [0.25, 0.3) is 0 Å². The second-order valence-electron chi connectivity index (χ2n) is 5.58. The quantitative estimate of drug-likeness (QED) is 0.818. The monoisotopic (exact) mass is 303 g/mol. The van der Waals surface area contributed by atoms with Crippen LogP contribution < -0.4 is 5.32 Å². The van der Waals surface area contributed by atoms with Gasteiger partial charge in [0.15, 0.2) is 0 Å². The third kappa shape index (κ3) is 2.97. The zero-order valence-electron chi connectivity index (χ0n) is 12.1. The maximum absolute atomic E-state index is 13.8. The molecule has 2 unspecified atom stereocenters. The van der Waals surface area contributed by atoms with Crippen LogP contribution in [0.5, 0.6) is 0 Å². The van der Waals surface area contributed by atoms with E-state index in [4.69, 9.17) is 11.6 Å². The molecule has 0 saturated carbocycles. The van der Waals surface area contributed by atoms with Crippen LogP contribution in [0, 0.1) is 5.82 Å². The van der Waals surface area contributed by atoms with Crippen LogP contribution in [0.1, 0.15) is 48.5 Å². The number of hydrogen-bond donors (Lipinski definition) is 1. The zero-order valence-corrected chi connectivity index (χ0v) is 12.8. The lowest BCUT2D eigenvalue weighted by Crippen LogP contribution is -2.24. The predicted molar refractivity (Wildman–Crippen MR) is 85.1 cm³/mol. The molecule has 2 atom stereocenters. The van der Waals surface area contributed by atoms with E-state index in [0.29, 0.717) is 0 Å². The minimum Gasteiger partial charge on any atom is -0.303 e. The van der Waals surface area contributed by atoms with Gasteiger partial charge in [-0.3, -0.25) is 0 Å². The van der Waals surface area contributed by atoms with Crippen molar-refractivity contribution in [2.75, 3.05) is 0 Å². The molecule has 1 aliphatic rings. The van der Waals surface area contributed by atoms with E-state index in [-0.39, 0.29) is 17.9 Å². The highest BCUT2D eigenvalue weighted by molar-refractivity contribution is 6.30. The molecule has 3 rings (SSSR count). The van der Waals surface area contributed by atoms with Crippen molar-refractivity contribution in [2.24, 2.45) is 0 Å². The molecule has 0 saturated heterocycles. The van der Waals surface area contributed by atoms with Gasteiger partial charge in [-0.15, -0.1) is 0 Å². The van der Waals surface area contributed by atoms with Crippen LogP contribution in [-0.2, 0) is 6.42 Å². The molecule has 3 heteroatoms. The Balaban J connectivity index is 1.82. The Bertz CT molecular complexity index is 641. The molecule has 0 aliphatic heterocycles. The summed E-state index contributed by atoms with van der Waals surface area (Å²) in [5.41, 5.74) is 3.17. The van der Waals surface area contributed by atoms with Gasteiger partial charge >= 0.3 is 0 Å². The summed E-state index contributed by atoms with van der Waals surface area (Å²) in [6.07, 6.45) is 2.74. The third-order valence-electron chi connectivity index (χ3n) is 4.28. The number of hydrogen-bond acceptors (Lipinski definition) is 1. The van der Waals surface area contributed by atoms with Gasteiger partial charge in [-0.2, -0.15) is 0 Å². The Morgan fingerprint density at radius 3 is 2.86 bits per heavy atom. The Kier molecular flexibility index (Phi) is 4.27. The molecule has 110 valence electrons. The van der Waals surface area contributed by atoms with E-state index in [1.807, 2.05) is 24.3 Å². The molecule has 0 amide bonds. The van der Waals surface area contributed by atoms with Gasteiger partial charge in [0.25, 0.3) is 0 Å². The van der Waals surface area contributed by atoms with Gasteiger partial charge in [0.05, 0.1) is 0 Å². The molecule has 0 bridgehead atoms. The molecule has 1 aliphatic carbocycles. The van der Waals surface area contributed by atoms with Crippen LogP contribution in [0.4, 0.5) is 4.39 Å². The van der Waals surface area contributed by atoms with Crippen LogP contribution in [0.2, 0.25) is 5.02 Å². The van der Waals surface area contributed by atoms with Gasteiger partial charge in [-0.1, -0.05) is 42.8 Å². The average Bonchev–Trinajstić information content (AvgIpc) is 2.89. The van der Waals surface area contributed by atoms with E-state index in [1.165, 1.54) is 5.56 Å². The molecule has 2 aromatic carbocycles. The first-order valence-electron chi connectivity index (χ1n) is 7.48. The maximum Gasteiger partial charge on any atom is 0.126 e. The van der Waals surface area contributed by atoms with Crippen molar-refractivity contribution < 1.29 is 4.39 Å². The predicted octanol–water partition coefficient (Wildman–Crippen LogP) is 5.21.